The number of allylic oxidation sites excluding steroid dienone is 2. The lowest BCUT2D eigenvalue weighted by atomic mass is 9.96. The van der Waals surface area contributed by atoms with E-state index in [4.69, 9.17) is 0 Å². The fourth-order valence-electron chi connectivity index (χ4n) is 2.40. The summed E-state index contributed by atoms with van der Waals surface area (Å²) >= 11 is 2.42. The molecule has 0 nitrogen and oxygen atoms in total. The largest absolute Gasteiger partial charge is 0.0870 e. The van der Waals surface area contributed by atoms with Gasteiger partial charge in [0.15, 0.2) is 0 Å². The van der Waals surface area contributed by atoms with Crippen LogP contribution in [0.25, 0.3) is 5.57 Å². The average molecular weight is 412 g/mol. The molecule has 0 aromatic heterocycles. The van der Waals surface area contributed by atoms with E-state index in [1.54, 1.807) is 0 Å². The van der Waals surface area contributed by atoms with E-state index in [-0.39, 0.29) is 0 Å². The summed E-state index contributed by atoms with van der Waals surface area (Å²) in [5.74, 6) is 0. The van der Waals surface area contributed by atoms with Crippen molar-refractivity contribution in [1.82, 2.24) is 0 Å². The molecule has 0 aliphatic rings. The summed E-state index contributed by atoms with van der Waals surface area (Å²) in [4.78, 5) is 0. The predicted octanol–water partition coefficient (Wildman–Crippen LogP) is 7.24. The highest BCUT2D eigenvalue weighted by Gasteiger charge is 2.15. The van der Waals surface area contributed by atoms with E-state index in [2.05, 4.69) is 89.3 Å². The number of hydrogen-bond donors (Lipinski definition) is 0. The highest BCUT2D eigenvalue weighted by Crippen LogP contribution is 2.30. The Labute approximate surface area is 145 Å². The zero-order valence-corrected chi connectivity index (χ0v) is 17.1. The van der Waals surface area contributed by atoms with E-state index < -0.39 is 8.07 Å². The summed E-state index contributed by atoms with van der Waals surface area (Å²) in [7, 11) is -1.24. The molecule has 2 heteroatoms. The Hall–Kier alpha value is -0.353. The van der Waals surface area contributed by atoms with Crippen LogP contribution in [0.15, 0.2) is 45.7 Å². The SMILES string of the molecule is CCCCCCC(=C\I)/C(=C/[Si](C)(C)C)c1ccccc1. The topological polar surface area (TPSA) is 0 Å². The standard InChI is InChI=1S/C19H29ISi/c1-5-6-7-9-14-18(15-20)19(16-21(2,3)4)17-12-10-8-11-13-17/h8,10-13,15-16H,5-7,9,14H2,1-4H3/b18-15+,19-16+. The lowest BCUT2D eigenvalue weighted by Gasteiger charge is -2.18. The maximum Gasteiger partial charge on any atom is 0.0695 e. The third-order valence-electron chi connectivity index (χ3n) is 3.44. The molecule has 0 bridgehead atoms. The average Bonchev–Trinajstić information content (AvgIpc) is 2.45. The van der Waals surface area contributed by atoms with E-state index in [1.165, 1.54) is 48.8 Å². The van der Waals surface area contributed by atoms with Gasteiger partial charge in [0.05, 0.1) is 8.07 Å². The van der Waals surface area contributed by atoms with Crippen molar-refractivity contribution < 1.29 is 0 Å². The third kappa shape index (κ3) is 7.46. The van der Waals surface area contributed by atoms with E-state index in [9.17, 15) is 0 Å². The summed E-state index contributed by atoms with van der Waals surface area (Å²) in [6.45, 7) is 9.52. The summed E-state index contributed by atoms with van der Waals surface area (Å²) in [5.41, 5.74) is 6.92. The quantitative estimate of drug-likeness (QED) is 0.183. The van der Waals surface area contributed by atoms with Crippen LogP contribution in [0.5, 0.6) is 0 Å². The van der Waals surface area contributed by atoms with Gasteiger partial charge in [-0.15, -0.1) is 0 Å². The molecule has 1 aromatic rings. The lowest BCUT2D eigenvalue weighted by molar-refractivity contribution is 0.669. The first-order valence-electron chi connectivity index (χ1n) is 8.06. The minimum atomic E-state index is -1.24. The highest BCUT2D eigenvalue weighted by atomic mass is 127. The van der Waals surface area contributed by atoms with Gasteiger partial charge in [0.2, 0.25) is 0 Å². The van der Waals surface area contributed by atoms with Crippen molar-refractivity contribution in [2.24, 2.45) is 0 Å². The first kappa shape index (κ1) is 18.7. The van der Waals surface area contributed by atoms with Gasteiger partial charge in [-0.1, -0.05) is 104 Å². The smallest absolute Gasteiger partial charge is 0.0695 e. The summed E-state index contributed by atoms with van der Waals surface area (Å²) < 4.78 is 2.29. The van der Waals surface area contributed by atoms with Crippen LogP contribution >= 0.6 is 22.6 Å². The minimum absolute atomic E-state index is 1.20. The summed E-state index contributed by atoms with van der Waals surface area (Å²) in [6.07, 6.45) is 6.51. The molecular weight excluding hydrogens is 383 g/mol. The van der Waals surface area contributed by atoms with Crippen LogP contribution in [0.3, 0.4) is 0 Å². The number of rotatable bonds is 8. The maximum atomic E-state index is 2.56. The van der Waals surface area contributed by atoms with Crippen molar-refractivity contribution in [3.05, 3.63) is 51.3 Å². The van der Waals surface area contributed by atoms with Crippen LogP contribution in [-0.4, -0.2) is 8.07 Å². The lowest BCUT2D eigenvalue weighted by Crippen LogP contribution is -2.17. The molecular formula is C19H29ISi. The molecule has 1 aromatic carbocycles. The molecule has 0 fully saturated rings. The predicted molar refractivity (Wildman–Crippen MR) is 109 cm³/mol. The van der Waals surface area contributed by atoms with Crippen molar-refractivity contribution in [2.45, 2.75) is 58.7 Å². The normalized spacial score (nSPS) is 13.6. The Kier molecular flexibility index (Phi) is 8.56. The van der Waals surface area contributed by atoms with Gasteiger partial charge in [-0.3, -0.25) is 0 Å². The second-order valence-electron chi connectivity index (χ2n) is 6.74. The molecule has 0 saturated carbocycles. The molecule has 0 N–H and O–H groups in total. The van der Waals surface area contributed by atoms with Gasteiger partial charge in [0.1, 0.15) is 0 Å². The molecule has 0 aliphatic heterocycles. The number of unbranched alkanes of at least 4 members (excludes halogenated alkanes) is 3. The monoisotopic (exact) mass is 412 g/mol. The van der Waals surface area contributed by atoms with Crippen LogP contribution in [0.2, 0.25) is 19.6 Å². The van der Waals surface area contributed by atoms with Gasteiger partial charge in [-0.05, 0) is 33.6 Å². The second kappa shape index (κ2) is 9.62. The number of hydrogen-bond acceptors (Lipinski definition) is 0. The first-order chi connectivity index (χ1) is 9.98. The number of halogens is 1. The molecule has 0 amide bonds. The van der Waals surface area contributed by atoms with E-state index in [1.807, 2.05) is 0 Å². The molecule has 0 spiro atoms. The molecule has 1 rings (SSSR count). The van der Waals surface area contributed by atoms with E-state index in [0.717, 1.165) is 0 Å². The summed E-state index contributed by atoms with van der Waals surface area (Å²) in [6, 6.07) is 10.9. The van der Waals surface area contributed by atoms with Crippen molar-refractivity contribution in [2.75, 3.05) is 0 Å². The van der Waals surface area contributed by atoms with Crippen molar-refractivity contribution in [3.63, 3.8) is 0 Å². The molecule has 21 heavy (non-hydrogen) atoms. The van der Waals surface area contributed by atoms with Gasteiger partial charge in [-0.2, -0.15) is 0 Å². The Morgan fingerprint density at radius 3 is 2.24 bits per heavy atom. The Morgan fingerprint density at radius 2 is 1.71 bits per heavy atom. The molecule has 0 heterocycles. The van der Waals surface area contributed by atoms with Gasteiger partial charge >= 0.3 is 0 Å². The second-order valence-corrected chi connectivity index (χ2v) is 12.4. The van der Waals surface area contributed by atoms with Gasteiger partial charge < -0.3 is 0 Å². The van der Waals surface area contributed by atoms with Gasteiger partial charge in [0.25, 0.3) is 0 Å². The van der Waals surface area contributed by atoms with Crippen LogP contribution in [0.1, 0.15) is 44.6 Å². The van der Waals surface area contributed by atoms with Crippen molar-refractivity contribution in [3.8, 4) is 0 Å². The fraction of sp³-hybridized carbons (Fsp3) is 0.474. The fourth-order valence-corrected chi connectivity index (χ4v) is 4.27. The van der Waals surface area contributed by atoms with Crippen molar-refractivity contribution in [1.29, 1.82) is 0 Å². The summed E-state index contributed by atoms with van der Waals surface area (Å²) in [5, 5.41) is 0. The Morgan fingerprint density at radius 1 is 1.05 bits per heavy atom. The minimum Gasteiger partial charge on any atom is -0.0870 e. The maximum absolute atomic E-state index is 2.56. The molecule has 0 aliphatic carbocycles. The molecule has 0 saturated heterocycles. The molecule has 0 unspecified atom stereocenters. The zero-order chi connectivity index (χ0) is 15.7. The number of benzene rings is 1. The van der Waals surface area contributed by atoms with E-state index in [0.29, 0.717) is 0 Å². The molecule has 116 valence electrons. The van der Waals surface area contributed by atoms with E-state index >= 15 is 0 Å². The van der Waals surface area contributed by atoms with Crippen LogP contribution < -0.4 is 0 Å². The zero-order valence-electron chi connectivity index (χ0n) is 14.0. The van der Waals surface area contributed by atoms with Crippen LogP contribution in [-0.2, 0) is 0 Å². The Balaban J connectivity index is 2.98. The Bertz CT molecular complexity index is 466. The molecule has 0 radical (unpaired) electrons. The van der Waals surface area contributed by atoms with Gasteiger partial charge in [0, 0.05) is 0 Å². The highest BCUT2D eigenvalue weighted by molar-refractivity contribution is 14.1. The molecule has 0 atom stereocenters. The van der Waals surface area contributed by atoms with Crippen LogP contribution in [0.4, 0.5) is 0 Å². The van der Waals surface area contributed by atoms with Crippen molar-refractivity contribution >= 4 is 36.2 Å². The van der Waals surface area contributed by atoms with Gasteiger partial charge in [-0.25, -0.2) is 0 Å². The van der Waals surface area contributed by atoms with Crippen LogP contribution in [0, 0.1) is 0 Å². The third-order valence-corrected chi connectivity index (χ3v) is 5.35. The first-order valence-corrected chi connectivity index (χ1v) is 12.9.